The molecule has 1 saturated heterocycles. The third-order valence-corrected chi connectivity index (χ3v) is 2.28. The predicted molar refractivity (Wildman–Crippen MR) is 55.1 cm³/mol. The second kappa shape index (κ2) is 5.32. The van der Waals surface area contributed by atoms with Crippen LogP contribution in [0, 0.1) is 5.92 Å². The van der Waals surface area contributed by atoms with Gasteiger partial charge in [-0.3, -0.25) is 4.79 Å². The molecule has 1 heterocycles. The Morgan fingerprint density at radius 1 is 1.57 bits per heavy atom. The van der Waals surface area contributed by atoms with Crippen LogP contribution in [0.25, 0.3) is 0 Å². The van der Waals surface area contributed by atoms with Gasteiger partial charge in [0.25, 0.3) is 0 Å². The van der Waals surface area contributed by atoms with E-state index in [1.54, 1.807) is 0 Å². The monoisotopic (exact) mass is 200 g/mol. The summed E-state index contributed by atoms with van der Waals surface area (Å²) in [6, 6.07) is -0.0752. The number of likely N-dealkylation sites (N-methyl/N-ethyl adjacent to an activating group) is 1. The zero-order chi connectivity index (χ0) is 10.6. The maximum Gasteiger partial charge on any atom is 0.237 e. The van der Waals surface area contributed by atoms with Gasteiger partial charge >= 0.3 is 0 Å². The number of hydrogen-bond acceptors (Lipinski definition) is 3. The van der Waals surface area contributed by atoms with Gasteiger partial charge in [0, 0.05) is 6.54 Å². The summed E-state index contributed by atoms with van der Waals surface area (Å²) < 4.78 is 5.02. The lowest BCUT2D eigenvalue weighted by atomic mass is 10.0. The van der Waals surface area contributed by atoms with E-state index in [4.69, 9.17) is 4.74 Å². The average Bonchev–Trinajstić information content (AvgIpc) is 2.93. The van der Waals surface area contributed by atoms with E-state index in [-0.39, 0.29) is 18.1 Å². The van der Waals surface area contributed by atoms with Crippen LogP contribution >= 0.6 is 0 Å². The van der Waals surface area contributed by atoms with E-state index in [2.05, 4.69) is 24.5 Å². The Bertz CT molecular complexity index is 191. The van der Waals surface area contributed by atoms with Gasteiger partial charge in [0.15, 0.2) is 0 Å². The van der Waals surface area contributed by atoms with Gasteiger partial charge in [0.1, 0.15) is 0 Å². The Kier molecular flexibility index (Phi) is 4.35. The lowest BCUT2D eigenvalue weighted by Gasteiger charge is -2.17. The van der Waals surface area contributed by atoms with E-state index >= 15 is 0 Å². The first-order valence-corrected chi connectivity index (χ1v) is 5.20. The molecule has 4 heteroatoms. The minimum atomic E-state index is -0.0752. The Balaban J connectivity index is 2.22. The second-order valence-electron chi connectivity index (χ2n) is 4.17. The van der Waals surface area contributed by atoms with Crippen LogP contribution < -0.4 is 10.6 Å². The molecule has 4 nitrogen and oxygen atoms in total. The van der Waals surface area contributed by atoms with Crippen LogP contribution in [0.4, 0.5) is 0 Å². The molecule has 1 aliphatic heterocycles. The summed E-state index contributed by atoms with van der Waals surface area (Å²) in [6.45, 7) is 5.66. The number of nitrogens with one attached hydrogen (secondary N) is 2. The molecule has 1 rings (SSSR count). The van der Waals surface area contributed by atoms with Crippen molar-refractivity contribution in [3.05, 3.63) is 0 Å². The SMILES string of the molecule is CNC(CC(C)C)C(=O)NCC1CO1. The molecule has 0 radical (unpaired) electrons. The maximum atomic E-state index is 11.6. The smallest absolute Gasteiger partial charge is 0.237 e. The first kappa shape index (κ1) is 11.5. The quantitative estimate of drug-likeness (QED) is 0.599. The van der Waals surface area contributed by atoms with Gasteiger partial charge in [-0.25, -0.2) is 0 Å². The maximum absolute atomic E-state index is 11.6. The van der Waals surface area contributed by atoms with Crippen LogP contribution in [0.3, 0.4) is 0 Å². The molecule has 0 aliphatic carbocycles. The summed E-state index contributed by atoms with van der Waals surface area (Å²) in [5, 5.41) is 5.90. The fourth-order valence-corrected chi connectivity index (χ4v) is 1.35. The second-order valence-corrected chi connectivity index (χ2v) is 4.17. The summed E-state index contributed by atoms with van der Waals surface area (Å²) in [5.74, 6) is 0.604. The molecule has 1 amide bonds. The first-order valence-electron chi connectivity index (χ1n) is 5.20. The van der Waals surface area contributed by atoms with E-state index in [1.807, 2.05) is 7.05 Å². The molecule has 2 N–H and O–H groups in total. The highest BCUT2D eigenvalue weighted by atomic mass is 16.6. The molecule has 1 aliphatic rings. The molecule has 0 aromatic carbocycles. The molecule has 0 aromatic rings. The number of amides is 1. The van der Waals surface area contributed by atoms with Crippen molar-refractivity contribution in [2.45, 2.75) is 32.4 Å². The summed E-state index contributed by atoms with van der Waals surface area (Å²) in [6.07, 6.45) is 1.13. The lowest BCUT2D eigenvalue weighted by molar-refractivity contribution is -0.123. The van der Waals surface area contributed by atoms with Gasteiger partial charge in [0.05, 0.1) is 18.8 Å². The van der Waals surface area contributed by atoms with E-state index in [9.17, 15) is 4.79 Å². The zero-order valence-corrected chi connectivity index (χ0v) is 9.17. The van der Waals surface area contributed by atoms with E-state index in [0.717, 1.165) is 13.0 Å². The van der Waals surface area contributed by atoms with Crippen LogP contribution in [-0.2, 0) is 9.53 Å². The summed E-state index contributed by atoms with van der Waals surface area (Å²) in [5.41, 5.74) is 0. The fraction of sp³-hybridized carbons (Fsp3) is 0.900. The molecular formula is C10H20N2O2. The average molecular weight is 200 g/mol. The van der Waals surface area contributed by atoms with E-state index in [0.29, 0.717) is 12.5 Å². The summed E-state index contributed by atoms with van der Waals surface area (Å²) in [4.78, 5) is 11.6. The van der Waals surface area contributed by atoms with Crippen LogP contribution in [0.2, 0.25) is 0 Å². The number of carbonyl (C=O) groups excluding carboxylic acids is 1. The number of hydrogen-bond donors (Lipinski definition) is 2. The highest BCUT2D eigenvalue weighted by Gasteiger charge is 2.24. The van der Waals surface area contributed by atoms with Crippen LogP contribution in [-0.4, -0.2) is 38.3 Å². The Morgan fingerprint density at radius 2 is 2.21 bits per heavy atom. The molecule has 1 fully saturated rings. The van der Waals surface area contributed by atoms with Crippen molar-refractivity contribution in [1.82, 2.24) is 10.6 Å². The zero-order valence-electron chi connectivity index (χ0n) is 9.17. The largest absolute Gasteiger partial charge is 0.371 e. The number of carbonyl (C=O) groups is 1. The van der Waals surface area contributed by atoms with E-state index in [1.165, 1.54) is 0 Å². The highest BCUT2D eigenvalue weighted by molar-refractivity contribution is 5.81. The number of epoxide rings is 1. The fourth-order valence-electron chi connectivity index (χ4n) is 1.35. The number of ether oxygens (including phenoxy) is 1. The van der Waals surface area contributed by atoms with Crippen LogP contribution in [0.15, 0.2) is 0 Å². The van der Waals surface area contributed by atoms with Crippen LogP contribution in [0.5, 0.6) is 0 Å². The predicted octanol–water partition coefficient (Wildman–Crippen LogP) is 0.136. The molecule has 2 unspecified atom stereocenters. The Labute approximate surface area is 85.4 Å². The van der Waals surface area contributed by atoms with Gasteiger partial charge in [0.2, 0.25) is 5.91 Å². The molecule has 0 saturated carbocycles. The van der Waals surface area contributed by atoms with Gasteiger partial charge in [-0.2, -0.15) is 0 Å². The van der Waals surface area contributed by atoms with Crippen molar-refractivity contribution >= 4 is 5.91 Å². The van der Waals surface area contributed by atoms with Crippen LogP contribution in [0.1, 0.15) is 20.3 Å². The van der Waals surface area contributed by atoms with Crippen molar-refractivity contribution in [3.63, 3.8) is 0 Å². The minimum absolute atomic E-state index is 0.0752. The number of rotatable bonds is 6. The minimum Gasteiger partial charge on any atom is -0.371 e. The molecule has 0 spiro atoms. The first-order chi connectivity index (χ1) is 6.63. The standard InChI is InChI=1S/C10H20N2O2/c1-7(2)4-9(11-3)10(13)12-5-8-6-14-8/h7-9,11H,4-6H2,1-3H3,(H,12,13). The Hall–Kier alpha value is -0.610. The molecule has 2 atom stereocenters. The molecule has 0 aromatic heterocycles. The lowest BCUT2D eigenvalue weighted by Crippen LogP contribution is -2.44. The summed E-state index contributed by atoms with van der Waals surface area (Å²) in [7, 11) is 1.82. The summed E-state index contributed by atoms with van der Waals surface area (Å²) >= 11 is 0. The molecule has 0 bridgehead atoms. The van der Waals surface area contributed by atoms with Crippen molar-refractivity contribution in [2.75, 3.05) is 20.2 Å². The van der Waals surface area contributed by atoms with Crippen molar-refractivity contribution < 1.29 is 9.53 Å². The van der Waals surface area contributed by atoms with Gasteiger partial charge in [-0.1, -0.05) is 13.8 Å². The third kappa shape index (κ3) is 4.07. The van der Waals surface area contributed by atoms with Crippen molar-refractivity contribution in [1.29, 1.82) is 0 Å². The van der Waals surface area contributed by atoms with Crippen molar-refractivity contribution in [3.8, 4) is 0 Å². The topological polar surface area (TPSA) is 53.7 Å². The van der Waals surface area contributed by atoms with Crippen molar-refractivity contribution in [2.24, 2.45) is 5.92 Å². The molecular weight excluding hydrogens is 180 g/mol. The normalized spacial score (nSPS) is 22.1. The van der Waals surface area contributed by atoms with Gasteiger partial charge in [-0.15, -0.1) is 0 Å². The highest BCUT2D eigenvalue weighted by Crippen LogP contribution is 2.07. The Morgan fingerprint density at radius 3 is 2.64 bits per heavy atom. The van der Waals surface area contributed by atoms with Gasteiger partial charge in [-0.05, 0) is 19.4 Å². The van der Waals surface area contributed by atoms with Gasteiger partial charge < -0.3 is 15.4 Å². The molecule has 14 heavy (non-hydrogen) atoms. The molecule has 82 valence electrons. The third-order valence-electron chi connectivity index (χ3n) is 2.28. The van der Waals surface area contributed by atoms with E-state index < -0.39 is 0 Å².